The Labute approximate surface area is 126 Å². The molecular formula is C15H15N3O2S. The summed E-state index contributed by atoms with van der Waals surface area (Å²) >= 11 is 1.59. The number of ether oxygens (including phenoxy) is 1. The summed E-state index contributed by atoms with van der Waals surface area (Å²) in [5.74, 6) is 2.02. The number of anilines is 1. The molecule has 0 aliphatic carbocycles. The van der Waals surface area contributed by atoms with Gasteiger partial charge in [0.25, 0.3) is 0 Å². The van der Waals surface area contributed by atoms with Gasteiger partial charge in [-0.15, -0.1) is 11.3 Å². The third-order valence-electron chi connectivity index (χ3n) is 3.03. The highest BCUT2D eigenvalue weighted by Crippen LogP contribution is 2.25. The lowest BCUT2D eigenvalue weighted by atomic mass is 10.2. The summed E-state index contributed by atoms with van der Waals surface area (Å²) in [6.07, 6.45) is 0. The van der Waals surface area contributed by atoms with Crippen LogP contribution in [-0.2, 0) is 0 Å². The average molecular weight is 301 g/mol. The van der Waals surface area contributed by atoms with Gasteiger partial charge in [0.1, 0.15) is 11.8 Å². The van der Waals surface area contributed by atoms with Gasteiger partial charge in [-0.25, -0.2) is 0 Å². The summed E-state index contributed by atoms with van der Waals surface area (Å²) in [6.45, 7) is 1.98. The van der Waals surface area contributed by atoms with Gasteiger partial charge in [-0.2, -0.15) is 4.98 Å². The van der Waals surface area contributed by atoms with E-state index >= 15 is 0 Å². The molecule has 1 aromatic carbocycles. The van der Waals surface area contributed by atoms with Crippen molar-refractivity contribution in [2.45, 2.75) is 13.0 Å². The monoisotopic (exact) mass is 301 g/mol. The molecule has 0 bridgehead atoms. The Morgan fingerprint density at radius 2 is 2.05 bits per heavy atom. The quantitative estimate of drug-likeness (QED) is 0.772. The largest absolute Gasteiger partial charge is 0.497 e. The van der Waals surface area contributed by atoms with E-state index in [1.165, 1.54) is 0 Å². The summed E-state index contributed by atoms with van der Waals surface area (Å²) in [5.41, 5.74) is 0.971. The molecule has 0 fully saturated rings. The van der Waals surface area contributed by atoms with Gasteiger partial charge in [0.05, 0.1) is 12.0 Å². The van der Waals surface area contributed by atoms with Crippen molar-refractivity contribution in [2.75, 3.05) is 12.4 Å². The Morgan fingerprint density at radius 1 is 1.24 bits per heavy atom. The van der Waals surface area contributed by atoms with E-state index in [-0.39, 0.29) is 6.04 Å². The number of rotatable bonds is 5. The Balaban J connectivity index is 1.71. The maximum atomic E-state index is 5.33. The number of benzene rings is 1. The van der Waals surface area contributed by atoms with Crippen LogP contribution in [0.1, 0.15) is 18.9 Å². The SMILES string of the molecule is COc1ccc(NC(C)c2nc(-c3cccs3)no2)cc1. The second-order valence-electron chi connectivity index (χ2n) is 4.53. The number of thiophene rings is 1. The standard InChI is InChI=1S/C15H15N3O2S/c1-10(16-11-5-7-12(19-2)8-6-11)15-17-14(18-20-15)13-4-3-9-21-13/h3-10,16H,1-2H3. The van der Waals surface area contributed by atoms with Gasteiger partial charge in [-0.1, -0.05) is 11.2 Å². The first kappa shape index (κ1) is 13.6. The maximum absolute atomic E-state index is 5.33. The molecule has 1 atom stereocenters. The molecule has 5 nitrogen and oxygen atoms in total. The van der Waals surface area contributed by atoms with Crippen molar-refractivity contribution in [1.29, 1.82) is 0 Å². The van der Waals surface area contributed by atoms with Crippen LogP contribution < -0.4 is 10.1 Å². The minimum absolute atomic E-state index is 0.0698. The molecule has 3 aromatic rings. The zero-order valence-electron chi connectivity index (χ0n) is 11.7. The summed E-state index contributed by atoms with van der Waals surface area (Å²) in [7, 11) is 1.65. The van der Waals surface area contributed by atoms with Crippen LogP contribution in [0.25, 0.3) is 10.7 Å². The average Bonchev–Trinajstić information content (AvgIpc) is 3.19. The van der Waals surface area contributed by atoms with E-state index in [9.17, 15) is 0 Å². The minimum atomic E-state index is -0.0698. The number of nitrogens with one attached hydrogen (secondary N) is 1. The van der Waals surface area contributed by atoms with E-state index < -0.39 is 0 Å². The number of methoxy groups -OCH3 is 1. The minimum Gasteiger partial charge on any atom is -0.497 e. The zero-order valence-corrected chi connectivity index (χ0v) is 12.6. The summed E-state index contributed by atoms with van der Waals surface area (Å²) in [5, 5.41) is 9.32. The van der Waals surface area contributed by atoms with Gasteiger partial charge >= 0.3 is 0 Å². The Hall–Kier alpha value is -2.34. The first-order chi connectivity index (χ1) is 10.3. The van der Waals surface area contributed by atoms with Gasteiger partial charge < -0.3 is 14.6 Å². The third kappa shape index (κ3) is 3.05. The molecule has 3 rings (SSSR count). The molecule has 0 amide bonds. The van der Waals surface area contributed by atoms with Crippen LogP contribution in [0.15, 0.2) is 46.3 Å². The topological polar surface area (TPSA) is 60.2 Å². The van der Waals surface area contributed by atoms with Crippen molar-refractivity contribution in [3.63, 3.8) is 0 Å². The highest BCUT2D eigenvalue weighted by atomic mass is 32.1. The van der Waals surface area contributed by atoms with E-state index in [0.29, 0.717) is 11.7 Å². The molecule has 0 radical (unpaired) electrons. The molecule has 2 heterocycles. The number of nitrogens with zero attached hydrogens (tertiary/aromatic N) is 2. The maximum Gasteiger partial charge on any atom is 0.249 e. The van der Waals surface area contributed by atoms with Crippen molar-refractivity contribution >= 4 is 17.0 Å². The first-order valence-corrected chi connectivity index (χ1v) is 7.42. The molecule has 2 aromatic heterocycles. The summed E-state index contributed by atoms with van der Waals surface area (Å²) < 4.78 is 10.5. The fourth-order valence-electron chi connectivity index (χ4n) is 1.92. The van der Waals surface area contributed by atoms with E-state index in [4.69, 9.17) is 9.26 Å². The Kier molecular flexibility index (Phi) is 3.87. The van der Waals surface area contributed by atoms with Crippen molar-refractivity contribution in [3.05, 3.63) is 47.7 Å². The van der Waals surface area contributed by atoms with Gasteiger partial charge in [0, 0.05) is 5.69 Å². The molecule has 0 aliphatic heterocycles. The Morgan fingerprint density at radius 3 is 2.71 bits per heavy atom. The number of hydrogen-bond acceptors (Lipinski definition) is 6. The van der Waals surface area contributed by atoms with Gasteiger partial charge in [-0.3, -0.25) is 0 Å². The predicted molar refractivity (Wildman–Crippen MR) is 82.6 cm³/mol. The molecule has 6 heteroatoms. The van der Waals surface area contributed by atoms with Crippen molar-refractivity contribution in [3.8, 4) is 16.5 Å². The molecule has 0 saturated heterocycles. The second kappa shape index (κ2) is 5.97. The first-order valence-electron chi connectivity index (χ1n) is 6.54. The van der Waals surface area contributed by atoms with E-state index in [1.807, 2.05) is 48.7 Å². The van der Waals surface area contributed by atoms with Crippen LogP contribution in [-0.4, -0.2) is 17.3 Å². The lowest BCUT2D eigenvalue weighted by Gasteiger charge is -2.11. The van der Waals surface area contributed by atoms with Crippen molar-refractivity contribution in [2.24, 2.45) is 0 Å². The molecule has 108 valence electrons. The molecule has 1 N–H and O–H groups in total. The van der Waals surface area contributed by atoms with Gasteiger partial charge in [0.15, 0.2) is 0 Å². The number of aromatic nitrogens is 2. The fraction of sp³-hybridized carbons (Fsp3) is 0.200. The lowest BCUT2D eigenvalue weighted by molar-refractivity contribution is 0.368. The molecule has 0 spiro atoms. The van der Waals surface area contributed by atoms with Crippen molar-refractivity contribution < 1.29 is 9.26 Å². The normalized spacial score (nSPS) is 12.1. The van der Waals surface area contributed by atoms with Crippen LogP contribution in [0.5, 0.6) is 5.75 Å². The van der Waals surface area contributed by atoms with Crippen molar-refractivity contribution in [1.82, 2.24) is 10.1 Å². The van der Waals surface area contributed by atoms with Crippen LogP contribution in [0.2, 0.25) is 0 Å². The van der Waals surface area contributed by atoms with Crippen LogP contribution in [0.4, 0.5) is 5.69 Å². The van der Waals surface area contributed by atoms with Gasteiger partial charge in [0.2, 0.25) is 11.7 Å². The second-order valence-corrected chi connectivity index (χ2v) is 5.48. The lowest BCUT2D eigenvalue weighted by Crippen LogP contribution is -2.06. The zero-order chi connectivity index (χ0) is 14.7. The Bertz CT molecular complexity index is 692. The highest BCUT2D eigenvalue weighted by molar-refractivity contribution is 7.13. The highest BCUT2D eigenvalue weighted by Gasteiger charge is 2.15. The van der Waals surface area contributed by atoms with Crippen LogP contribution in [0.3, 0.4) is 0 Å². The third-order valence-corrected chi connectivity index (χ3v) is 3.89. The molecule has 0 aliphatic rings. The van der Waals surface area contributed by atoms with E-state index in [0.717, 1.165) is 16.3 Å². The molecule has 1 unspecified atom stereocenters. The smallest absolute Gasteiger partial charge is 0.249 e. The fourth-order valence-corrected chi connectivity index (χ4v) is 2.57. The van der Waals surface area contributed by atoms with E-state index in [1.54, 1.807) is 18.4 Å². The van der Waals surface area contributed by atoms with Crippen LogP contribution in [0, 0.1) is 0 Å². The number of hydrogen-bond donors (Lipinski definition) is 1. The predicted octanol–water partition coefficient (Wildman–Crippen LogP) is 3.98. The molecule has 21 heavy (non-hydrogen) atoms. The summed E-state index contributed by atoms with van der Waals surface area (Å²) in [4.78, 5) is 5.43. The van der Waals surface area contributed by atoms with Crippen LogP contribution >= 0.6 is 11.3 Å². The molecular weight excluding hydrogens is 286 g/mol. The van der Waals surface area contributed by atoms with Gasteiger partial charge in [-0.05, 0) is 42.6 Å². The molecule has 0 saturated carbocycles. The summed E-state index contributed by atoms with van der Waals surface area (Å²) in [6, 6.07) is 11.6. The van der Waals surface area contributed by atoms with E-state index in [2.05, 4.69) is 15.5 Å².